The van der Waals surface area contributed by atoms with Crippen LogP contribution in [-0.2, 0) is 0 Å². The molecule has 3 atom stereocenters. The third-order valence-electron chi connectivity index (χ3n) is 4.38. The van der Waals surface area contributed by atoms with Gasteiger partial charge in [-0.1, -0.05) is 54.1 Å². The van der Waals surface area contributed by atoms with Crippen molar-refractivity contribution in [1.29, 1.82) is 0 Å². The number of aliphatic hydroxyl groups is 1. The van der Waals surface area contributed by atoms with Crippen LogP contribution in [0.2, 0.25) is 5.02 Å². The maximum atomic E-state index is 13.8. The Balaban J connectivity index is 2.15. The lowest BCUT2D eigenvalue weighted by molar-refractivity contribution is -0.285. The second-order valence-electron chi connectivity index (χ2n) is 6.10. The number of benzene rings is 2. The molecule has 0 aromatic heterocycles. The van der Waals surface area contributed by atoms with Gasteiger partial charge >= 0.3 is 6.18 Å². The van der Waals surface area contributed by atoms with Crippen LogP contribution in [0.3, 0.4) is 0 Å². The summed E-state index contributed by atoms with van der Waals surface area (Å²) in [5.41, 5.74) is -3.16. The lowest BCUT2D eigenvalue weighted by Crippen LogP contribution is -2.72. The Bertz CT molecular complexity index is 861. The van der Waals surface area contributed by atoms with E-state index < -0.39 is 34.8 Å². The van der Waals surface area contributed by atoms with Gasteiger partial charge in [-0.3, -0.25) is 4.79 Å². The molecule has 0 bridgehead atoms. The summed E-state index contributed by atoms with van der Waals surface area (Å²) in [4.78, 5) is 13.0. The average molecular weight is 415 g/mol. The van der Waals surface area contributed by atoms with E-state index in [1.165, 1.54) is 48.5 Å². The molecule has 0 spiro atoms. The third kappa shape index (κ3) is 3.65. The Morgan fingerprint density at radius 2 is 1.70 bits per heavy atom. The molecule has 27 heavy (non-hydrogen) atoms. The molecule has 0 amide bonds. The Morgan fingerprint density at radius 3 is 2.26 bits per heavy atom. The number of hydrogen-bond donors (Lipinski definition) is 3. The monoisotopic (exact) mass is 414 g/mol. The van der Waals surface area contributed by atoms with Crippen LogP contribution in [0, 0.1) is 5.92 Å². The molecule has 1 heterocycles. The molecule has 0 radical (unpaired) electrons. The molecule has 3 rings (SSSR count). The molecule has 0 saturated carbocycles. The molecule has 4 nitrogen and oxygen atoms in total. The summed E-state index contributed by atoms with van der Waals surface area (Å²) >= 11 is 10.7. The first kappa shape index (κ1) is 19.6. The van der Waals surface area contributed by atoms with Crippen molar-refractivity contribution >= 4 is 34.7 Å². The minimum Gasteiger partial charge on any atom is -0.363 e. The zero-order valence-electron chi connectivity index (χ0n) is 13.6. The minimum absolute atomic E-state index is 0.0422. The van der Waals surface area contributed by atoms with Crippen LogP contribution in [-0.4, -0.2) is 27.9 Å². The van der Waals surface area contributed by atoms with Crippen molar-refractivity contribution in [2.45, 2.75) is 17.9 Å². The largest absolute Gasteiger partial charge is 0.437 e. The number of Topliss-reactive ketones (excluding diaryl/α,β-unsaturated/α-hetero) is 1. The highest BCUT2D eigenvalue weighted by atomic mass is 35.5. The van der Waals surface area contributed by atoms with Crippen molar-refractivity contribution in [3.8, 4) is 0 Å². The third-order valence-corrected chi connectivity index (χ3v) is 4.85. The average Bonchev–Trinajstić information content (AvgIpc) is 2.61. The summed E-state index contributed by atoms with van der Waals surface area (Å²) in [6.45, 7) is 0. The Labute approximate surface area is 163 Å². The van der Waals surface area contributed by atoms with Crippen molar-refractivity contribution in [1.82, 2.24) is 10.6 Å². The van der Waals surface area contributed by atoms with Gasteiger partial charge < -0.3 is 15.7 Å². The summed E-state index contributed by atoms with van der Waals surface area (Å²) in [6.07, 6.45) is -5.15. The molecule has 0 unspecified atom stereocenters. The van der Waals surface area contributed by atoms with Gasteiger partial charge in [-0.05, 0) is 29.9 Å². The van der Waals surface area contributed by atoms with E-state index in [1.807, 2.05) is 5.32 Å². The van der Waals surface area contributed by atoms with E-state index in [2.05, 4.69) is 5.32 Å². The standard InChI is InChI=1S/C18H14ClF3N2O2S/c19-12-8-6-10(7-9-12)14-13(15(25)11-4-2-1-3-5-11)17(26,18(20,21)22)24-16(27)23-14/h1-9,13-14,26H,(H2,23,24,27)/t13-,14-,17-/m0/s1. The number of ketones is 1. The van der Waals surface area contributed by atoms with E-state index in [9.17, 15) is 23.1 Å². The van der Waals surface area contributed by atoms with E-state index in [4.69, 9.17) is 23.8 Å². The predicted octanol–water partition coefficient (Wildman–Crippen LogP) is 3.61. The van der Waals surface area contributed by atoms with E-state index in [-0.39, 0.29) is 5.56 Å². The number of halogens is 4. The Kier molecular flexibility index (Phi) is 5.16. The molecule has 1 aliphatic rings. The zero-order chi connectivity index (χ0) is 19.8. The molecule has 9 heteroatoms. The molecule has 2 aromatic carbocycles. The van der Waals surface area contributed by atoms with Crippen molar-refractivity contribution < 1.29 is 23.1 Å². The van der Waals surface area contributed by atoms with Crippen LogP contribution in [0.25, 0.3) is 0 Å². The maximum absolute atomic E-state index is 13.8. The first-order valence-corrected chi connectivity index (χ1v) is 8.64. The molecule has 1 aliphatic heterocycles. The second kappa shape index (κ2) is 7.10. The molecule has 2 aromatic rings. The fraction of sp³-hybridized carbons (Fsp3) is 0.222. The number of rotatable bonds is 3. The number of nitrogens with one attached hydrogen (secondary N) is 2. The molecular weight excluding hydrogens is 401 g/mol. The minimum atomic E-state index is -5.15. The number of carbonyl (C=O) groups is 1. The number of thiocarbonyl (C=S) groups is 1. The number of alkyl halides is 3. The smallest absolute Gasteiger partial charge is 0.363 e. The number of carbonyl (C=O) groups excluding carboxylic acids is 1. The van der Waals surface area contributed by atoms with Crippen LogP contribution < -0.4 is 10.6 Å². The van der Waals surface area contributed by atoms with Crippen LogP contribution in [0.15, 0.2) is 54.6 Å². The molecule has 3 N–H and O–H groups in total. The van der Waals surface area contributed by atoms with Gasteiger partial charge in [0.15, 0.2) is 10.9 Å². The van der Waals surface area contributed by atoms with E-state index in [0.717, 1.165) is 0 Å². The first-order chi connectivity index (χ1) is 12.6. The van der Waals surface area contributed by atoms with Crippen molar-refractivity contribution in [3.63, 3.8) is 0 Å². The summed E-state index contributed by atoms with van der Waals surface area (Å²) in [7, 11) is 0. The fourth-order valence-electron chi connectivity index (χ4n) is 3.07. The highest BCUT2D eigenvalue weighted by Crippen LogP contribution is 2.44. The van der Waals surface area contributed by atoms with E-state index in [1.54, 1.807) is 6.07 Å². The van der Waals surface area contributed by atoms with E-state index in [0.29, 0.717) is 10.6 Å². The van der Waals surface area contributed by atoms with Crippen LogP contribution in [0.5, 0.6) is 0 Å². The van der Waals surface area contributed by atoms with Crippen LogP contribution in [0.1, 0.15) is 22.0 Å². The quantitative estimate of drug-likeness (QED) is 0.529. The highest BCUT2D eigenvalue weighted by Gasteiger charge is 2.65. The van der Waals surface area contributed by atoms with Crippen LogP contribution in [0.4, 0.5) is 13.2 Å². The molecule has 1 saturated heterocycles. The van der Waals surface area contributed by atoms with Gasteiger partial charge in [0, 0.05) is 10.6 Å². The second-order valence-corrected chi connectivity index (χ2v) is 6.94. The van der Waals surface area contributed by atoms with Gasteiger partial charge in [0.25, 0.3) is 0 Å². The fourth-order valence-corrected chi connectivity index (χ4v) is 3.48. The topological polar surface area (TPSA) is 61.4 Å². The maximum Gasteiger partial charge on any atom is 0.437 e. The summed E-state index contributed by atoms with van der Waals surface area (Å²) < 4.78 is 41.4. The van der Waals surface area contributed by atoms with E-state index >= 15 is 0 Å². The van der Waals surface area contributed by atoms with Gasteiger partial charge in [-0.15, -0.1) is 0 Å². The Morgan fingerprint density at radius 1 is 1.11 bits per heavy atom. The SMILES string of the molecule is O=C(c1ccccc1)[C@@H]1[C@H](c2ccc(Cl)cc2)NC(=S)N[C@@]1(O)C(F)(F)F. The summed E-state index contributed by atoms with van der Waals surface area (Å²) in [6, 6.07) is 12.2. The van der Waals surface area contributed by atoms with Gasteiger partial charge in [0.05, 0.1) is 6.04 Å². The van der Waals surface area contributed by atoms with Crippen molar-refractivity contribution in [2.75, 3.05) is 0 Å². The zero-order valence-corrected chi connectivity index (χ0v) is 15.2. The summed E-state index contributed by atoms with van der Waals surface area (Å²) in [5, 5.41) is 15.0. The lowest BCUT2D eigenvalue weighted by atomic mass is 9.77. The van der Waals surface area contributed by atoms with Gasteiger partial charge in [-0.25, -0.2) is 0 Å². The predicted molar refractivity (Wildman–Crippen MR) is 98.3 cm³/mol. The lowest BCUT2D eigenvalue weighted by Gasteiger charge is -2.46. The van der Waals surface area contributed by atoms with Crippen molar-refractivity contribution in [3.05, 3.63) is 70.7 Å². The van der Waals surface area contributed by atoms with Crippen LogP contribution >= 0.6 is 23.8 Å². The van der Waals surface area contributed by atoms with Crippen molar-refractivity contribution in [2.24, 2.45) is 5.92 Å². The Hall–Kier alpha value is -2.16. The van der Waals surface area contributed by atoms with Gasteiger partial charge in [0.2, 0.25) is 5.72 Å². The summed E-state index contributed by atoms with van der Waals surface area (Å²) in [5.74, 6) is -2.80. The van der Waals surface area contributed by atoms with Gasteiger partial charge in [0.1, 0.15) is 5.92 Å². The molecule has 1 fully saturated rings. The molecule has 142 valence electrons. The highest BCUT2D eigenvalue weighted by molar-refractivity contribution is 7.80. The number of hydrogen-bond acceptors (Lipinski definition) is 3. The van der Waals surface area contributed by atoms with Gasteiger partial charge in [-0.2, -0.15) is 13.2 Å². The normalized spacial score (nSPS) is 25.4. The molecule has 0 aliphatic carbocycles. The molecular formula is C18H14ClF3N2O2S. The first-order valence-electron chi connectivity index (χ1n) is 7.86.